The Bertz CT molecular complexity index is 731. The molecule has 1 aliphatic rings. The van der Waals surface area contributed by atoms with Crippen molar-refractivity contribution < 1.29 is 17.9 Å². The lowest BCUT2D eigenvalue weighted by atomic mass is 9.97. The summed E-state index contributed by atoms with van der Waals surface area (Å²) < 4.78 is 40.4. The van der Waals surface area contributed by atoms with Crippen LogP contribution in [0.25, 0.3) is 16.5 Å². The Morgan fingerprint density at radius 3 is 2.81 bits per heavy atom. The highest BCUT2D eigenvalue weighted by atomic mass is 19.4. The molecule has 4 nitrogen and oxygen atoms in total. The molecule has 1 aliphatic carbocycles. The van der Waals surface area contributed by atoms with Crippen molar-refractivity contribution in [1.82, 2.24) is 10.2 Å². The number of alkyl halides is 3. The van der Waals surface area contributed by atoms with Gasteiger partial charge in [-0.2, -0.15) is 5.10 Å². The lowest BCUT2D eigenvalue weighted by Gasteiger charge is -2.18. The van der Waals surface area contributed by atoms with Crippen LogP contribution in [0.5, 0.6) is 0 Å². The minimum Gasteiger partial charge on any atom is -0.382 e. The first-order chi connectivity index (χ1) is 9.92. The summed E-state index contributed by atoms with van der Waals surface area (Å²) in [6, 6.07) is 5.55. The van der Waals surface area contributed by atoms with E-state index < -0.39 is 12.5 Å². The average Bonchev–Trinajstić information content (AvgIpc) is 2.79. The lowest BCUT2D eigenvalue weighted by Crippen LogP contribution is -2.22. The van der Waals surface area contributed by atoms with Gasteiger partial charge < -0.3 is 5.73 Å². The molecule has 0 amide bonds. The summed E-state index contributed by atoms with van der Waals surface area (Å²) in [4.78, 5) is 0. The second-order valence-corrected chi connectivity index (χ2v) is 4.73. The smallest absolute Gasteiger partial charge is 0.382 e. The monoisotopic (exact) mass is 295 g/mol. The molecule has 0 bridgehead atoms. The quantitative estimate of drug-likeness (QED) is 0.892. The number of aromatic amines is 1. The summed E-state index contributed by atoms with van der Waals surface area (Å²) in [6.07, 6.45) is -0.678. The minimum absolute atomic E-state index is 0.171. The lowest BCUT2D eigenvalue weighted by molar-refractivity contribution is -0.335. The molecule has 0 radical (unpaired) electrons. The van der Waals surface area contributed by atoms with Gasteiger partial charge in [-0.15, -0.1) is 13.2 Å². The Balaban J connectivity index is 1.81. The molecule has 1 atom stereocenters. The summed E-state index contributed by atoms with van der Waals surface area (Å²) in [7, 11) is 0. The molecular weight excluding hydrogens is 283 g/mol. The number of anilines is 1. The van der Waals surface area contributed by atoms with Crippen molar-refractivity contribution in [3.63, 3.8) is 0 Å². The van der Waals surface area contributed by atoms with E-state index in [1.807, 2.05) is 18.2 Å². The van der Waals surface area contributed by atoms with E-state index in [9.17, 15) is 13.2 Å². The average molecular weight is 295 g/mol. The van der Waals surface area contributed by atoms with Gasteiger partial charge in [0.2, 0.25) is 0 Å². The van der Waals surface area contributed by atoms with Crippen molar-refractivity contribution in [1.29, 1.82) is 0 Å². The van der Waals surface area contributed by atoms with E-state index in [4.69, 9.17) is 5.73 Å². The zero-order valence-corrected chi connectivity index (χ0v) is 10.8. The highest BCUT2D eigenvalue weighted by Crippen LogP contribution is 2.29. The summed E-state index contributed by atoms with van der Waals surface area (Å²) in [5, 5.41) is 7.49. The van der Waals surface area contributed by atoms with Crippen LogP contribution in [0.4, 0.5) is 19.0 Å². The van der Waals surface area contributed by atoms with Crippen LogP contribution in [-0.4, -0.2) is 22.7 Å². The standard InChI is InChI=1S/C14H12F3N3O/c15-14(16,17)21-10-4-1-8(2-5-10)9-3-6-12-11(7-9)13(18)20-19-12/h1-4,6-7,10H,5H2,(H3,18,19,20). The third-order valence-electron chi connectivity index (χ3n) is 3.27. The van der Waals surface area contributed by atoms with Gasteiger partial charge in [-0.25, -0.2) is 0 Å². The first-order valence-electron chi connectivity index (χ1n) is 6.29. The maximum atomic E-state index is 12.1. The molecule has 1 aromatic carbocycles. The van der Waals surface area contributed by atoms with Crippen LogP contribution in [0.3, 0.4) is 0 Å². The Morgan fingerprint density at radius 2 is 2.14 bits per heavy atom. The number of benzene rings is 1. The molecule has 3 rings (SSSR count). The highest BCUT2D eigenvalue weighted by Gasteiger charge is 2.32. The Hall–Kier alpha value is -2.28. The number of nitrogens with two attached hydrogens (primary N) is 1. The van der Waals surface area contributed by atoms with Gasteiger partial charge in [0.1, 0.15) is 0 Å². The second-order valence-electron chi connectivity index (χ2n) is 4.73. The number of fused-ring (bicyclic) bond motifs is 1. The van der Waals surface area contributed by atoms with Gasteiger partial charge in [-0.1, -0.05) is 24.3 Å². The fourth-order valence-corrected chi connectivity index (χ4v) is 2.29. The van der Waals surface area contributed by atoms with Gasteiger partial charge in [-0.3, -0.25) is 9.84 Å². The molecule has 21 heavy (non-hydrogen) atoms. The van der Waals surface area contributed by atoms with Crippen molar-refractivity contribution in [2.45, 2.75) is 18.9 Å². The van der Waals surface area contributed by atoms with Crippen molar-refractivity contribution >= 4 is 22.3 Å². The largest absolute Gasteiger partial charge is 0.523 e. The number of hydrogen-bond acceptors (Lipinski definition) is 3. The molecule has 0 aliphatic heterocycles. The van der Waals surface area contributed by atoms with Crippen LogP contribution in [0.15, 0.2) is 36.4 Å². The molecule has 2 aromatic rings. The number of nitrogens with one attached hydrogen (secondary N) is 1. The van der Waals surface area contributed by atoms with Crippen LogP contribution >= 0.6 is 0 Å². The maximum Gasteiger partial charge on any atom is 0.523 e. The van der Waals surface area contributed by atoms with E-state index >= 15 is 0 Å². The fourth-order valence-electron chi connectivity index (χ4n) is 2.29. The first-order valence-corrected chi connectivity index (χ1v) is 6.29. The number of ether oxygens (including phenoxy) is 1. The molecule has 0 saturated heterocycles. The zero-order valence-electron chi connectivity index (χ0n) is 10.8. The summed E-state index contributed by atoms with van der Waals surface area (Å²) in [5.74, 6) is 0.394. The molecule has 0 spiro atoms. The summed E-state index contributed by atoms with van der Waals surface area (Å²) in [5.41, 5.74) is 8.26. The predicted octanol–water partition coefficient (Wildman–Crippen LogP) is 3.39. The maximum absolute atomic E-state index is 12.1. The molecule has 110 valence electrons. The predicted molar refractivity (Wildman–Crippen MR) is 73.2 cm³/mol. The van der Waals surface area contributed by atoms with Crippen LogP contribution in [0.2, 0.25) is 0 Å². The topological polar surface area (TPSA) is 63.9 Å². The van der Waals surface area contributed by atoms with Crippen molar-refractivity contribution in [3.05, 3.63) is 42.0 Å². The normalized spacial score (nSPS) is 19.0. The SMILES string of the molecule is Nc1n[nH]c2ccc(C3=CCC(OC(F)(F)F)C=C3)cc12. The van der Waals surface area contributed by atoms with Crippen molar-refractivity contribution in [3.8, 4) is 0 Å². The van der Waals surface area contributed by atoms with E-state index in [-0.39, 0.29) is 6.42 Å². The van der Waals surface area contributed by atoms with Gasteiger partial charge in [0.25, 0.3) is 0 Å². The van der Waals surface area contributed by atoms with Gasteiger partial charge in [0, 0.05) is 5.39 Å². The molecule has 1 heterocycles. The number of hydrogen-bond donors (Lipinski definition) is 2. The Morgan fingerprint density at radius 1 is 1.33 bits per heavy atom. The first kappa shape index (κ1) is 13.7. The Kier molecular flexibility index (Phi) is 3.21. The van der Waals surface area contributed by atoms with Crippen molar-refractivity contribution in [2.24, 2.45) is 0 Å². The van der Waals surface area contributed by atoms with E-state index in [1.165, 1.54) is 6.08 Å². The van der Waals surface area contributed by atoms with Gasteiger partial charge >= 0.3 is 6.36 Å². The van der Waals surface area contributed by atoms with E-state index in [1.54, 1.807) is 12.2 Å². The molecular formula is C14H12F3N3O. The third kappa shape index (κ3) is 2.92. The second kappa shape index (κ2) is 4.92. The van der Waals surface area contributed by atoms with E-state index in [2.05, 4.69) is 14.9 Å². The summed E-state index contributed by atoms with van der Waals surface area (Å²) in [6.45, 7) is 0. The van der Waals surface area contributed by atoms with Gasteiger partial charge in [0.05, 0.1) is 11.6 Å². The van der Waals surface area contributed by atoms with Gasteiger partial charge in [0.15, 0.2) is 5.82 Å². The third-order valence-corrected chi connectivity index (χ3v) is 3.27. The fraction of sp³-hybridized carbons (Fsp3) is 0.214. The number of rotatable bonds is 2. The number of nitrogen functional groups attached to an aromatic ring is 1. The molecule has 1 aromatic heterocycles. The Labute approximate surface area is 118 Å². The number of aromatic nitrogens is 2. The number of halogens is 3. The number of allylic oxidation sites excluding steroid dienone is 2. The number of nitrogens with zero attached hydrogens (tertiary/aromatic N) is 1. The molecule has 0 fully saturated rings. The van der Waals surface area contributed by atoms with Crippen LogP contribution in [-0.2, 0) is 4.74 Å². The van der Waals surface area contributed by atoms with Crippen LogP contribution in [0.1, 0.15) is 12.0 Å². The van der Waals surface area contributed by atoms with E-state index in [0.29, 0.717) is 5.82 Å². The summed E-state index contributed by atoms with van der Waals surface area (Å²) >= 11 is 0. The molecule has 0 saturated carbocycles. The zero-order chi connectivity index (χ0) is 15.0. The van der Waals surface area contributed by atoms with Crippen LogP contribution < -0.4 is 5.73 Å². The molecule has 3 N–H and O–H groups in total. The van der Waals surface area contributed by atoms with Crippen molar-refractivity contribution in [2.75, 3.05) is 5.73 Å². The molecule has 7 heteroatoms. The number of H-pyrrole nitrogens is 1. The van der Waals surface area contributed by atoms with Crippen LogP contribution in [0, 0.1) is 0 Å². The van der Waals surface area contributed by atoms with E-state index in [0.717, 1.165) is 22.0 Å². The highest BCUT2D eigenvalue weighted by molar-refractivity contribution is 5.92. The minimum atomic E-state index is -4.62. The molecule has 1 unspecified atom stereocenters. The van der Waals surface area contributed by atoms with Gasteiger partial charge in [-0.05, 0) is 29.7 Å².